The molecule has 2 aromatic rings. The zero-order valence-electron chi connectivity index (χ0n) is 12.1. The fourth-order valence-electron chi connectivity index (χ4n) is 2.89. The van der Waals surface area contributed by atoms with Crippen molar-refractivity contribution in [2.45, 2.75) is 32.7 Å². The fourth-order valence-corrected chi connectivity index (χ4v) is 2.89. The smallest absolute Gasteiger partial charge is 0.156 e. The van der Waals surface area contributed by atoms with Crippen molar-refractivity contribution < 1.29 is 4.74 Å². The Morgan fingerprint density at radius 1 is 1.15 bits per heavy atom. The van der Waals surface area contributed by atoms with Gasteiger partial charge < -0.3 is 10.1 Å². The maximum atomic E-state index is 5.43. The molecule has 3 rings (SSSR count). The molecule has 1 aliphatic heterocycles. The number of ether oxygens (including phenoxy) is 1. The number of nitrogens with zero attached hydrogens (tertiary/aromatic N) is 2. The molecule has 0 radical (unpaired) electrons. The third kappa shape index (κ3) is 2.61. The Morgan fingerprint density at radius 3 is 2.60 bits per heavy atom. The van der Waals surface area contributed by atoms with Gasteiger partial charge in [0, 0.05) is 30.0 Å². The van der Waals surface area contributed by atoms with Gasteiger partial charge in [0.1, 0.15) is 0 Å². The minimum atomic E-state index is 0.388. The van der Waals surface area contributed by atoms with Gasteiger partial charge in [-0.2, -0.15) is 5.10 Å². The van der Waals surface area contributed by atoms with Gasteiger partial charge in [-0.05, 0) is 32.6 Å². The lowest BCUT2D eigenvalue weighted by molar-refractivity contribution is 0.0622. The van der Waals surface area contributed by atoms with E-state index in [4.69, 9.17) is 4.74 Å². The van der Waals surface area contributed by atoms with Gasteiger partial charge in [-0.1, -0.05) is 24.3 Å². The minimum Gasteiger partial charge on any atom is -0.381 e. The normalized spacial score (nSPS) is 18.1. The summed E-state index contributed by atoms with van der Waals surface area (Å²) < 4.78 is 5.43. The second kappa shape index (κ2) is 5.75. The third-order valence-corrected chi connectivity index (χ3v) is 4.21. The second-order valence-electron chi connectivity index (χ2n) is 5.56. The van der Waals surface area contributed by atoms with Crippen LogP contribution in [0, 0.1) is 12.8 Å². The number of hydrogen-bond donors (Lipinski definition) is 1. The molecule has 1 N–H and O–H groups in total. The lowest BCUT2D eigenvalue weighted by Crippen LogP contribution is -2.31. The Kier molecular flexibility index (Phi) is 3.83. The Labute approximate surface area is 119 Å². The van der Waals surface area contributed by atoms with E-state index in [2.05, 4.69) is 34.6 Å². The van der Waals surface area contributed by atoms with E-state index in [0.717, 1.165) is 43.0 Å². The summed E-state index contributed by atoms with van der Waals surface area (Å²) in [6, 6.07) is 8.69. The lowest BCUT2D eigenvalue weighted by Gasteiger charge is -2.28. The van der Waals surface area contributed by atoms with Gasteiger partial charge in [0.15, 0.2) is 5.82 Å². The number of benzene rings is 1. The van der Waals surface area contributed by atoms with Crippen LogP contribution in [0.4, 0.5) is 5.82 Å². The van der Waals surface area contributed by atoms with Crippen LogP contribution in [0.15, 0.2) is 24.3 Å². The van der Waals surface area contributed by atoms with Crippen LogP contribution in [-0.2, 0) is 4.74 Å². The summed E-state index contributed by atoms with van der Waals surface area (Å²) in [7, 11) is 0. The van der Waals surface area contributed by atoms with Gasteiger partial charge in [-0.15, -0.1) is 5.10 Å². The van der Waals surface area contributed by atoms with Crippen molar-refractivity contribution in [1.82, 2.24) is 10.2 Å². The number of anilines is 1. The number of aromatic nitrogens is 2. The molecule has 0 aliphatic carbocycles. The van der Waals surface area contributed by atoms with E-state index >= 15 is 0 Å². The molecule has 1 fully saturated rings. The molecular weight excluding hydrogens is 250 g/mol. The SMILES string of the molecule is Cc1nnc(NC(C)C2CCOCC2)c2ccccc12. The first-order valence-electron chi connectivity index (χ1n) is 7.32. The molecule has 106 valence electrons. The molecule has 0 spiro atoms. The quantitative estimate of drug-likeness (QED) is 0.931. The first kappa shape index (κ1) is 13.3. The van der Waals surface area contributed by atoms with Crippen LogP contribution in [0.1, 0.15) is 25.5 Å². The summed E-state index contributed by atoms with van der Waals surface area (Å²) >= 11 is 0. The number of fused-ring (bicyclic) bond motifs is 1. The molecular formula is C16H21N3O. The van der Waals surface area contributed by atoms with Crippen molar-refractivity contribution in [3.05, 3.63) is 30.0 Å². The van der Waals surface area contributed by atoms with Crippen LogP contribution in [0.25, 0.3) is 10.8 Å². The standard InChI is InChI=1S/C16H21N3O/c1-11(13-7-9-20-10-8-13)17-16-15-6-4-3-5-14(15)12(2)18-19-16/h3-6,11,13H,7-10H2,1-2H3,(H,17,19). The highest BCUT2D eigenvalue weighted by atomic mass is 16.5. The molecule has 4 nitrogen and oxygen atoms in total. The zero-order chi connectivity index (χ0) is 13.9. The summed E-state index contributed by atoms with van der Waals surface area (Å²) in [6.07, 6.45) is 2.23. The van der Waals surface area contributed by atoms with Crippen molar-refractivity contribution in [3.63, 3.8) is 0 Å². The Balaban J connectivity index is 1.85. The van der Waals surface area contributed by atoms with E-state index in [1.807, 2.05) is 19.1 Å². The summed E-state index contributed by atoms with van der Waals surface area (Å²) in [5.74, 6) is 1.54. The van der Waals surface area contributed by atoms with Crippen LogP contribution < -0.4 is 5.32 Å². The van der Waals surface area contributed by atoms with Crippen molar-refractivity contribution in [1.29, 1.82) is 0 Å². The summed E-state index contributed by atoms with van der Waals surface area (Å²) in [5.41, 5.74) is 0.977. The van der Waals surface area contributed by atoms with Gasteiger partial charge in [0.2, 0.25) is 0 Å². The Hall–Kier alpha value is -1.68. The summed E-state index contributed by atoms with van der Waals surface area (Å²) in [5, 5.41) is 14.5. The van der Waals surface area contributed by atoms with Crippen molar-refractivity contribution in [2.24, 2.45) is 5.92 Å². The largest absolute Gasteiger partial charge is 0.381 e. The molecule has 1 aromatic carbocycles. The third-order valence-electron chi connectivity index (χ3n) is 4.21. The highest BCUT2D eigenvalue weighted by Crippen LogP contribution is 2.26. The molecule has 0 saturated carbocycles. The maximum absolute atomic E-state index is 5.43. The average Bonchev–Trinajstić information content (AvgIpc) is 2.51. The molecule has 0 amide bonds. The highest BCUT2D eigenvalue weighted by molar-refractivity contribution is 5.92. The monoisotopic (exact) mass is 271 g/mol. The van der Waals surface area contributed by atoms with Crippen molar-refractivity contribution in [3.8, 4) is 0 Å². The molecule has 2 heterocycles. The van der Waals surface area contributed by atoms with Gasteiger partial charge >= 0.3 is 0 Å². The van der Waals surface area contributed by atoms with E-state index in [9.17, 15) is 0 Å². The van der Waals surface area contributed by atoms with E-state index in [1.54, 1.807) is 0 Å². The molecule has 0 bridgehead atoms. The van der Waals surface area contributed by atoms with Gasteiger partial charge in [0.25, 0.3) is 0 Å². The molecule has 20 heavy (non-hydrogen) atoms. The molecule has 1 aliphatic rings. The van der Waals surface area contributed by atoms with Crippen LogP contribution in [-0.4, -0.2) is 29.5 Å². The van der Waals surface area contributed by atoms with E-state index in [-0.39, 0.29) is 0 Å². The predicted octanol–water partition coefficient (Wildman–Crippen LogP) is 3.17. The number of rotatable bonds is 3. The predicted molar refractivity (Wildman–Crippen MR) is 80.9 cm³/mol. The maximum Gasteiger partial charge on any atom is 0.156 e. The van der Waals surface area contributed by atoms with E-state index in [0.29, 0.717) is 12.0 Å². The molecule has 1 aromatic heterocycles. The summed E-state index contributed by atoms with van der Waals surface area (Å²) in [6.45, 7) is 5.97. The van der Waals surface area contributed by atoms with E-state index in [1.165, 1.54) is 5.39 Å². The van der Waals surface area contributed by atoms with Crippen molar-refractivity contribution in [2.75, 3.05) is 18.5 Å². The summed E-state index contributed by atoms with van der Waals surface area (Å²) in [4.78, 5) is 0. The zero-order valence-corrected chi connectivity index (χ0v) is 12.1. The van der Waals surface area contributed by atoms with Crippen LogP contribution in [0.5, 0.6) is 0 Å². The Morgan fingerprint density at radius 2 is 1.85 bits per heavy atom. The lowest BCUT2D eigenvalue weighted by atomic mass is 9.93. The Bertz CT molecular complexity index is 593. The molecule has 1 saturated heterocycles. The minimum absolute atomic E-state index is 0.388. The van der Waals surface area contributed by atoms with E-state index < -0.39 is 0 Å². The van der Waals surface area contributed by atoms with Gasteiger partial charge in [-0.25, -0.2) is 0 Å². The van der Waals surface area contributed by atoms with Gasteiger partial charge in [0.05, 0.1) is 5.69 Å². The average molecular weight is 271 g/mol. The number of nitrogens with one attached hydrogen (secondary N) is 1. The fraction of sp³-hybridized carbons (Fsp3) is 0.500. The molecule has 4 heteroatoms. The number of aryl methyl sites for hydroxylation is 1. The van der Waals surface area contributed by atoms with Crippen molar-refractivity contribution >= 4 is 16.6 Å². The number of hydrogen-bond acceptors (Lipinski definition) is 4. The molecule has 1 unspecified atom stereocenters. The van der Waals surface area contributed by atoms with Crippen LogP contribution in [0.3, 0.4) is 0 Å². The van der Waals surface area contributed by atoms with Crippen LogP contribution >= 0.6 is 0 Å². The first-order valence-corrected chi connectivity index (χ1v) is 7.32. The first-order chi connectivity index (χ1) is 9.75. The second-order valence-corrected chi connectivity index (χ2v) is 5.56. The van der Waals surface area contributed by atoms with Gasteiger partial charge in [-0.3, -0.25) is 0 Å². The van der Waals surface area contributed by atoms with Crippen LogP contribution in [0.2, 0.25) is 0 Å². The highest BCUT2D eigenvalue weighted by Gasteiger charge is 2.21. The molecule has 1 atom stereocenters. The topological polar surface area (TPSA) is 47.0 Å².